The van der Waals surface area contributed by atoms with E-state index >= 15 is 0 Å². The first kappa shape index (κ1) is 17.1. The van der Waals surface area contributed by atoms with Gasteiger partial charge in [-0.1, -0.05) is 43.3 Å². The second-order valence-electron chi connectivity index (χ2n) is 5.57. The molecule has 3 aromatic rings. The molecular weight excluding hydrogens is 334 g/mol. The van der Waals surface area contributed by atoms with Gasteiger partial charge in [-0.15, -0.1) is 11.3 Å². The van der Waals surface area contributed by atoms with Crippen LogP contribution in [-0.4, -0.2) is 15.5 Å². The molecule has 3 rings (SSSR count). The maximum absolute atomic E-state index is 12.5. The van der Waals surface area contributed by atoms with E-state index < -0.39 is 0 Å². The van der Waals surface area contributed by atoms with Crippen LogP contribution in [0.1, 0.15) is 17.5 Å². The Bertz CT molecular complexity index is 902. The Labute approximate surface area is 150 Å². The van der Waals surface area contributed by atoms with E-state index in [1.54, 1.807) is 11.3 Å². The summed E-state index contributed by atoms with van der Waals surface area (Å²) < 4.78 is 1.43. The number of nitrogens with zero attached hydrogens (tertiary/aromatic N) is 2. The summed E-state index contributed by atoms with van der Waals surface area (Å²) in [6.07, 6.45) is 0.667. The lowest BCUT2D eigenvalue weighted by Gasteiger charge is -2.13. The molecule has 0 saturated heterocycles. The second-order valence-corrected chi connectivity index (χ2v) is 6.60. The van der Waals surface area contributed by atoms with Gasteiger partial charge in [0.15, 0.2) is 0 Å². The third-order valence-corrected chi connectivity index (χ3v) is 4.67. The fraction of sp³-hybridized carbons (Fsp3) is 0.211. The topological polar surface area (TPSA) is 64.0 Å². The molecule has 6 heteroatoms. The minimum absolute atomic E-state index is 0.0502. The van der Waals surface area contributed by atoms with Crippen LogP contribution < -0.4 is 10.9 Å². The molecule has 0 unspecified atom stereocenters. The molecule has 0 aliphatic rings. The molecule has 2 heterocycles. The maximum Gasteiger partial charge on any atom is 0.254 e. The van der Waals surface area contributed by atoms with E-state index in [0.717, 1.165) is 16.1 Å². The average molecular weight is 353 g/mol. The molecule has 1 aromatic carbocycles. The molecule has 1 N–H and O–H groups in total. The van der Waals surface area contributed by atoms with Crippen molar-refractivity contribution in [2.45, 2.75) is 26.4 Å². The summed E-state index contributed by atoms with van der Waals surface area (Å²) in [6, 6.07) is 14.9. The number of rotatable bonds is 6. The molecule has 0 radical (unpaired) electrons. The normalized spacial score (nSPS) is 10.6. The summed E-state index contributed by atoms with van der Waals surface area (Å²) in [5, 5.41) is 4.82. The van der Waals surface area contributed by atoms with Crippen LogP contribution >= 0.6 is 11.3 Å². The molecule has 128 valence electrons. The summed E-state index contributed by atoms with van der Waals surface area (Å²) in [5.41, 5.74) is 1.33. The highest BCUT2D eigenvalue weighted by molar-refractivity contribution is 7.09. The number of amides is 1. The Morgan fingerprint density at radius 3 is 2.68 bits per heavy atom. The average Bonchev–Trinajstić information content (AvgIpc) is 3.16. The number of thiophene rings is 1. The van der Waals surface area contributed by atoms with Crippen LogP contribution in [0.2, 0.25) is 0 Å². The van der Waals surface area contributed by atoms with Crippen LogP contribution in [0.25, 0.3) is 11.4 Å². The van der Waals surface area contributed by atoms with Gasteiger partial charge in [-0.2, -0.15) is 0 Å². The standard InChI is InChI=1S/C19H19N3O2S/c1-2-15-11-18(24)22(19(21-15)14-7-4-3-5-8-14)13-17(23)20-12-16-9-6-10-25-16/h3-11H,2,12-13H2,1H3,(H,20,23). The molecule has 0 spiro atoms. The van der Waals surface area contributed by atoms with Crippen molar-refractivity contribution in [1.29, 1.82) is 0 Å². The second kappa shape index (κ2) is 7.90. The number of hydrogen-bond acceptors (Lipinski definition) is 4. The van der Waals surface area contributed by atoms with Crippen LogP contribution in [0.5, 0.6) is 0 Å². The summed E-state index contributed by atoms with van der Waals surface area (Å²) in [7, 11) is 0. The first-order valence-electron chi connectivity index (χ1n) is 8.12. The molecule has 1 amide bonds. The number of aryl methyl sites for hydroxylation is 1. The third kappa shape index (κ3) is 4.22. The first-order valence-corrected chi connectivity index (χ1v) is 9.00. The Kier molecular flexibility index (Phi) is 5.40. The van der Waals surface area contributed by atoms with Gasteiger partial charge in [0.1, 0.15) is 12.4 Å². The fourth-order valence-corrected chi connectivity index (χ4v) is 3.14. The quantitative estimate of drug-likeness (QED) is 0.741. The van der Waals surface area contributed by atoms with Gasteiger partial charge in [-0.25, -0.2) is 4.98 Å². The van der Waals surface area contributed by atoms with E-state index in [2.05, 4.69) is 10.3 Å². The van der Waals surface area contributed by atoms with Gasteiger partial charge in [0.25, 0.3) is 5.56 Å². The number of benzene rings is 1. The Hall–Kier alpha value is -2.73. The van der Waals surface area contributed by atoms with Crippen LogP contribution in [0, 0.1) is 0 Å². The molecular formula is C19H19N3O2S. The number of aromatic nitrogens is 2. The van der Waals surface area contributed by atoms with Crippen molar-refractivity contribution in [2.24, 2.45) is 0 Å². The minimum Gasteiger partial charge on any atom is -0.350 e. The number of hydrogen-bond donors (Lipinski definition) is 1. The highest BCUT2D eigenvalue weighted by atomic mass is 32.1. The molecule has 5 nitrogen and oxygen atoms in total. The lowest BCUT2D eigenvalue weighted by atomic mass is 10.2. The largest absolute Gasteiger partial charge is 0.350 e. The highest BCUT2D eigenvalue weighted by Gasteiger charge is 2.13. The Morgan fingerprint density at radius 2 is 2.00 bits per heavy atom. The summed E-state index contributed by atoms with van der Waals surface area (Å²) in [4.78, 5) is 30.5. The SMILES string of the molecule is CCc1cc(=O)n(CC(=O)NCc2cccs2)c(-c2ccccc2)n1. The van der Waals surface area contributed by atoms with Crippen molar-refractivity contribution in [3.8, 4) is 11.4 Å². The molecule has 0 bridgehead atoms. The Balaban J connectivity index is 1.87. The van der Waals surface area contributed by atoms with Crippen LogP contribution in [0.4, 0.5) is 0 Å². The van der Waals surface area contributed by atoms with E-state index in [1.165, 1.54) is 10.6 Å². The molecule has 0 aliphatic heterocycles. The van der Waals surface area contributed by atoms with Gasteiger partial charge >= 0.3 is 0 Å². The Morgan fingerprint density at radius 1 is 1.20 bits per heavy atom. The molecule has 2 aromatic heterocycles. The molecule has 25 heavy (non-hydrogen) atoms. The van der Waals surface area contributed by atoms with Crippen LogP contribution in [0.15, 0.2) is 58.7 Å². The van der Waals surface area contributed by atoms with Crippen molar-refractivity contribution in [3.05, 3.63) is 74.8 Å². The van der Waals surface area contributed by atoms with Gasteiger partial charge in [0, 0.05) is 22.2 Å². The number of carbonyl (C=O) groups is 1. The first-order chi connectivity index (χ1) is 12.2. The summed E-state index contributed by atoms with van der Waals surface area (Å²) >= 11 is 1.58. The van der Waals surface area contributed by atoms with Gasteiger partial charge in [0.2, 0.25) is 5.91 Å². The fourth-order valence-electron chi connectivity index (χ4n) is 2.49. The van der Waals surface area contributed by atoms with Crippen molar-refractivity contribution in [2.75, 3.05) is 0 Å². The van der Waals surface area contributed by atoms with Gasteiger partial charge in [-0.3, -0.25) is 14.2 Å². The zero-order valence-electron chi connectivity index (χ0n) is 13.9. The van der Waals surface area contributed by atoms with Crippen molar-refractivity contribution < 1.29 is 4.79 Å². The molecule has 0 aliphatic carbocycles. The van der Waals surface area contributed by atoms with Crippen LogP contribution in [0.3, 0.4) is 0 Å². The number of nitrogens with one attached hydrogen (secondary N) is 1. The predicted molar refractivity (Wildman–Crippen MR) is 99.5 cm³/mol. The van der Waals surface area contributed by atoms with Gasteiger partial charge in [-0.05, 0) is 17.9 Å². The number of carbonyl (C=O) groups excluding carboxylic acids is 1. The minimum atomic E-state index is -0.211. The van der Waals surface area contributed by atoms with E-state index in [4.69, 9.17) is 0 Å². The van der Waals surface area contributed by atoms with Gasteiger partial charge < -0.3 is 5.32 Å². The smallest absolute Gasteiger partial charge is 0.254 e. The lowest BCUT2D eigenvalue weighted by molar-refractivity contribution is -0.121. The predicted octanol–water partition coefficient (Wildman–Crippen LogP) is 2.85. The zero-order valence-corrected chi connectivity index (χ0v) is 14.8. The van der Waals surface area contributed by atoms with E-state index in [9.17, 15) is 9.59 Å². The highest BCUT2D eigenvalue weighted by Crippen LogP contribution is 2.16. The molecule has 0 fully saturated rings. The van der Waals surface area contributed by atoms with E-state index in [0.29, 0.717) is 18.8 Å². The third-order valence-electron chi connectivity index (χ3n) is 3.80. The monoisotopic (exact) mass is 353 g/mol. The van der Waals surface area contributed by atoms with Gasteiger partial charge in [0.05, 0.1) is 6.54 Å². The van der Waals surface area contributed by atoms with Crippen molar-refractivity contribution in [1.82, 2.24) is 14.9 Å². The summed E-state index contributed by atoms with van der Waals surface area (Å²) in [5.74, 6) is 0.315. The van der Waals surface area contributed by atoms with Crippen molar-refractivity contribution in [3.63, 3.8) is 0 Å². The van der Waals surface area contributed by atoms with Crippen LogP contribution in [-0.2, 0) is 24.3 Å². The lowest BCUT2D eigenvalue weighted by Crippen LogP contribution is -2.33. The molecule has 0 atom stereocenters. The summed E-state index contributed by atoms with van der Waals surface area (Å²) in [6.45, 7) is 2.37. The van der Waals surface area contributed by atoms with E-state index in [-0.39, 0.29) is 18.0 Å². The zero-order chi connectivity index (χ0) is 17.6. The maximum atomic E-state index is 12.5. The molecule has 0 saturated carbocycles. The van der Waals surface area contributed by atoms with E-state index in [1.807, 2.05) is 54.8 Å². The van der Waals surface area contributed by atoms with Crippen molar-refractivity contribution >= 4 is 17.2 Å².